The standard InChI is InChI=1S/C22H27NO2/c1-21(2,3)25-20(24)22(4,5)23-16-19-14-10-9-13-18(19)15-17-11-7-6-8-12-17/h6-14,16H,15H2,1-5H3. The van der Waals surface area contributed by atoms with Crippen molar-refractivity contribution in [2.45, 2.75) is 52.2 Å². The highest BCUT2D eigenvalue weighted by molar-refractivity contribution is 5.87. The normalized spacial score (nSPS) is 12.4. The van der Waals surface area contributed by atoms with Crippen molar-refractivity contribution < 1.29 is 9.53 Å². The molecule has 0 heterocycles. The lowest BCUT2D eigenvalue weighted by atomic mass is 10.00. The molecule has 0 saturated carbocycles. The van der Waals surface area contributed by atoms with E-state index in [1.54, 1.807) is 20.1 Å². The molecule has 2 aromatic rings. The van der Waals surface area contributed by atoms with E-state index in [0.29, 0.717) is 0 Å². The van der Waals surface area contributed by atoms with Crippen molar-refractivity contribution in [3.8, 4) is 0 Å². The van der Waals surface area contributed by atoms with E-state index in [9.17, 15) is 4.79 Å². The smallest absolute Gasteiger partial charge is 0.333 e. The number of ether oxygens (including phenoxy) is 1. The molecular weight excluding hydrogens is 310 g/mol. The number of hydrogen-bond acceptors (Lipinski definition) is 3. The zero-order chi connectivity index (χ0) is 18.5. The number of rotatable bonds is 5. The van der Waals surface area contributed by atoms with Crippen LogP contribution in [0.1, 0.15) is 51.3 Å². The summed E-state index contributed by atoms with van der Waals surface area (Å²) in [5.74, 6) is -0.322. The summed E-state index contributed by atoms with van der Waals surface area (Å²) in [6, 6.07) is 18.4. The van der Waals surface area contributed by atoms with E-state index in [0.717, 1.165) is 12.0 Å². The number of carbonyl (C=O) groups is 1. The first-order valence-electron chi connectivity index (χ1n) is 8.58. The summed E-state index contributed by atoms with van der Waals surface area (Å²) in [6.07, 6.45) is 2.61. The highest BCUT2D eigenvalue weighted by Gasteiger charge is 2.31. The number of aliphatic imine (C=N–C) groups is 1. The van der Waals surface area contributed by atoms with Gasteiger partial charge in [0.1, 0.15) is 5.60 Å². The lowest BCUT2D eigenvalue weighted by Crippen LogP contribution is -2.37. The van der Waals surface area contributed by atoms with Crippen LogP contribution in [0.4, 0.5) is 0 Å². The molecule has 3 nitrogen and oxygen atoms in total. The molecule has 3 heteroatoms. The van der Waals surface area contributed by atoms with Gasteiger partial charge in [0.05, 0.1) is 0 Å². The van der Waals surface area contributed by atoms with Crippen molar-refractivity contribution in [2.75, 3.05) is 0 Å². The van der Waals surface area contributed by atoms with Gasteiger partial charge in [-0.3, -0.25) is 4.99 Å². The lowest BCUT2D eigenvalue weighted by Gasteiger charge is -2.25. The van der Waals surface area contributed by atoms with Crippen molar-refractivity contribution in [2.24, 2.45) is 4.99 Å². The van der Waals surface area contributed by atoms with E-state index in [2.05, 4.69) is 23.2 Å². The first kappa shape index (κ1) is 18.9. The van der Waals surface area contributed by atoms with E-state index >= 15 is 0 Å². The van der Waals surface area contributed by atoms with E-state index < -0.39 is 11.1 Å². The Labute approximate surface area is 150 Å². The van der Waals surface area contributed by atoms with Gasteiger partial charge in [-0.05, 0) is 57.7 Å². The van der Waals surface area contributed by atoms with Crippen LogP contribution in [0.2, 0.25) is 0 Å². The van der Waals surface area contributed by atoms with Crippen LogP contribution in [-0.4, -0.2) is 23.3 Å². The quantitative estimate of drug-likeness (QED) is 0.580. The summed E-state index contributed by atoms with van der Waals surface area (Å²) < 4.78 is 5.46. The van der Waals surface area contributed by atoms with Gasteiger partial charge in [0, 0.05) is 6.21 Å². The largest absolute Gasteiger partial charge is 0.458 e. The van der Waals surface area contributed by atoms with Crippen LogP contribution in [0.5, 0.6) is 0 Å². The van der Waals surface area contributed by atoms with Crippen LogP contribution < -0.4 is 0 Å². The third kappa shape index (κ3) is 5.86. The molecule has 0 saturated heterocycles. The van der Waals surface area contributed by atoms with Gasteiger partial charge < -0.3 is 4.74 Å². The minimum Gasteiger partial charge on any atom is -0.458 e. The molecule has 132 valence electrons. The predicted molar refractivity (Wildman–Crippen MR) is 103 cm³/mol. The van der Waals surface area contributed by atoms with E-state index in [-0.39, 0.29) is 5.97 Å². The molecule has 0 aliphatic rings. The van der Waals surface area contributed by atoms with Crippen molar-refractivity contribution in [3.63, 3.8) is 0 Å². The Morgan fingerprint density at radius 1 is 0.960 bits per heavy atom. The fourth-order valence-corrected chi connectivity index (χ4v) is 2.32. The third-order valence-electron chi connectivity index (χ3n) is 3.72. The molecule has 0 amide bonds. The number of hydrogen-bond donors (Lipinski definition) is 0. The number of benzene rings is 2. The first-order chi connectivity index (χ1) is 11.7. The van der Waals surface area contributed by atoms with Gasteiger partial charge in [0.2, 0.25) is 0 Å². The molecule has 0 fully saturated rings. The van der Waals surface area contributed by atoms with Crippen molar-refractivity contribution in [1.82, 2.24) is 0 Å². The summed E-state index contributed by atoms with van der Waals surface area (Å²) in [4.78, 5) is 16.9. The topological polar surface area (TPSA) is 38.7 Å². The molecule has 0 N–H and O–H groups in total. The summed E-state index contributed by atoms with van der Waals surface area (Å²) in [5, 5.41) is 0. The maximum absolute atomic E-state index is 12.3. The summed E-state index contributed by atoms with van der Waals surface area (Å²) >= 11 is 0. The Kier molecular flexibility index (Phi) is 5.78. The second kappa shape index (κ2) is 7.64. The molecule has 0 radical (unpaired) electrons. The maximum atomic E-state index is 12.3. The fraction of sp³-hybridized carbons (Fsp3) is 0.364. The highest BCUT2D eigenvalue weighted by Crippen LogP contribution is 2.19. The fourth-order valence-electron chi connectivity index (χ4n) is 2.32. The van der Waals surface area contributed by atoms with Gasteiger partial charge in [0.25, 0.3) is 0 Å². The molecular formula is C22H27NO2. The summed E-state index contributed by atoms with van der Waals surface area (Å²) in [5.41, 5.74) is 2.00. The number of carbonyl (C=O) groups excluding carboxylic acids is 1. The molecule has 0 aromatic heterocycles. The zero-order valence-electron chi connectivity index (χ0n) is 15.7. The van der Waals surface area contributed by atoms with Gasteiger partial charge in [-0.2, -0.15) is 0 Å². The van der Waals surface area contributed by atoms with Crippen LogP contribution in [0.25, 0.3) is 0 Å². The van der Waals surface area contributed by atoms with Gasteiger partial charge in [-0.25, -0.2) is 4.79 Å². The molecule has 2 aromatic carbocycles. The second-order valence-corrected chi connectivity index (χ2v) is 7.68. The molecule has 0 aliphatic heterocycles. The average molecular weight is 337 g/mol. The summed E-state index contributed by atoms with van der Waals surface area (Å²) in [7, 11) is 0. The van der Waals surface area contributed by atoms with Crippen LogP contribution in [0.3, 0.4) is 0 Å². The molecule has 2 rings (SSSR count). The third-order valence-corrected chi connectivity index (χ3v) is 3.72. The molecule has 25 heavy (non-hydrogen) atoms. The second-order valence-electron chi connectivity index (χ2n) is 7.68. The Morgan fingerprint density at radius 3 is 2.20 bits per heavy atom. The molecule has 0 bridgehead atoms. The van der Waals surface area contributed by atoms with Gasteiger partial charge in [0.15, 0.2) is 5.54 Å². The van der Waals surface area contributed by atoms with Crippen molar-refractivity contribution in [1.29, 1.82) is 0 Å². The van der Waals surface area contributed by atoms with Gasteiger partial charge in [-0.1, -0.05) is 54.6 Å². The van der Waals surface area contributed by atoms with Crippen LogP contribution in [0, 0.1) is 0 Å². The Balaban J connectivity index is 2.19. The minimum atomic E-state index is -0.923. The van der Waals surface area contributed by atoms with Crippen LogP contribution in [-0.2, 0) is 16.0 Å². The predicted octanol–water partition coefficient (Wildman–Crippen LogP) is 4.82. The molecule has 0 unspecified atom stereocenters. The zero-order valence-corrected chi connectivity index (χ0v) is 15.7. The molecule has 0 atom stereocenters. The average Bonchev–Trinajstić information content (AvgIpc) is 2.53. The van der Waals surface area contributed by atoms with Crippen LogP contribution >= 0.6 is 0 Å². The Morgan fingerprint density at radius 2 is 1.56 bits per heavy atom. The monoisotopic (exact) mass is 337 g/mol. The molecule has 0 spiro atoms. The highest BCUT2D eigenvalue weighted by atomic mass is 16.6. The minimum absolute atomic E-state index is 0.322. The van der Waals surface area contributed by atoms with E-state index in [4.69, 9.17) is 4.74 Å². The van der Waals surface area contributed by atoms with E-state index in [1.165, 1.54) is 11.1 Å². The SMILES string of the molecule is CC(C)(C)OC(=O)C(C)(C)N=Cc1ccccc1Cc1ccccc1. The van der Waals surface area contributed by atoms with Crippen molar-refractivity contribution in [3.05, 3.63) is 71.3 Å². The van der Waals surface area contributed by atoms with Gasteiger partial charge >= 0.3 is 5.97 Å². The van der Waals surface area contributed by atoms with Crippen LogP contribution in [0.15, 0.2) is 59.6 Å². The lowest BCUT2D eigenvalue weighted by molar-refractivity contribution is -0.160. The first-order valence-corrected chi connectivity index (χ1v) is 8.58. The number of esters is 1. The number of nitrogens with zero attached hydrogens (tertiary/aromatic N) is 1. The summed E-state index contributed by atoms with van der Waals surface area (Å²) in [6.45, 7) is 9.13. The molecule has 0 aliphatic carbocycles. The Bertz CT molecular complexity index is 740. The van der Waals surface area contributed by atoms with E-state index in [1.807, 2.05) is 57.2 Å². The van der Waals surface area contributed by atoms with Gasteiger partial charge in [-0.15, -0.1) is 0 Å². The Hall–Kier alpha value is -2.42. The maximum Gasteiger partial charge on any atom is 0.333 e. The van der Waals surface area contributed by atoms with Crippen molar-refractivity contribution >= 4 is 12.2 Å².